The standard InChI is InChI=1S/C17H16N6O2/c1-8-5-10(3)23-14(18-8)7-13(21-23)20-16(24)12-6-9(2)19-17-15(12)11(4)22-25-17/h5-7H,1-4H3,(H,20,21,24). The molecular formula is C17H16N6O2. The van der Waals surface area contributed by atoms with Crippen LogP contribution in [0.5, 0.6) is 0 Å². The number of nitrogens with one attached hydrogen (secondary N) is 1. The van der Waals surface area contributed by atoms with Crippen LogP contribution in [0.15, 0.2) is 22.7 Å². The van der Waals surface area contributed by atoms with Crippen LogP contribution in [0.3, 0.4) is 0 Å². The van der Waals surface area contributed by atoms with Crippen molar-refractivity contribution in [3.8, 4) is 0 Å². The van der Waals surface area contributed by atoms with Crippen LogP contribution in [0.1, 0.15) is 33.1 Å². The molecule has 126 valence electrons. The fraction of sp³-hybridized carbons (Fsp3) is 0.235. The Bertz CT molecular complexity index is 1140. The van der Waals surface area contributed by atoms with E-state index in [9.17, 15) is 4.79 Å². The minimum atomic E-state index is -0.292. The maximum atomic E-state index is 12.8. The number of hydrogen-bond acceptors (Lipinski definition) is 6. The first-order chi connectivity index (χ1) is 11.9. The number of rotatable bonds is 2. The Hall–Kier alpha value is -3.29. The molecular weight excluding hydrogens is 320 g/mol. The molecule has 0 saturated heterocycles. The van der Waals surface area contributed by atoms with Gasteiger partial charge in [0.2, 0.25) is 0 Å². The first-order valence-corrected chi connectivity index (χ1v) is 7.81. The monoisotopic (exact) mass is 336 g/mol. The number of hydrogen-bond donors (Lipinski definition) is 1. The highest BCUT2D eigenvalue weighted by molar-refractivity contribution is 6.12. The number of pyridine rings is 1. The molecule has 4 heterocycles. The first-order valence-electron chi connectivity index (χ1n) is 7.81. The number of aryl methyl sites for hydroxylation is 4. The van der Waals surface area contributed by atoms with E-state index >= 15 is 0 Å². The summed E-state index contributed by atoms with van der Waals surface area (Å²) in [6.07, 6.45) is 0. The summed E-state index contributed by atoms with van der Waals surface area (Å²) in [6.45, 7) is 7.44. The third-order valence-electron chi connectivity index (χ3n) is 3.96. The molecule has 0 atom stereocenters. The molecule has 0 aliphatic heterocycles. The Morgan fingerprint density at radius 2 is 1.84 bits per heavy atom. The highest BCUT2D eigenvalue weighted by Gasteiger charge is 2.19. The molecule has 0 radical (unpaired) electrons. The molecule has 1 N–H and O–H groups in total. The van der Waals surface area contributed by atoms with Gasteiger partial charge in [-0.2, -0.15) is 0 Å². The van der Waals surface area contributed by atoms with Crippen molar-refractivity contribution < 1.29 is 9.32 Å². The predicted octanol–water partition coefficient (Wildman–Crippen LogP) is 2.75. The Labute approximate surface area is 142 Å². The zero-order chi connectivity index (χ0) is 17.7. The largest absolute Gasteiger partial charge is 0.336 e. The van der Waals surface area contributed by atoms with Crippen LogP contribution in [0.25, 0.3) is 16.7 Å². The van der Waals surface area contributed by atoms with E-state index in [0.717, 1.165) is 11.4 Å². The van der Waals surface area contributed by atoms with Crippen LogP contribution in [0.2, 0.25) is 0 Å². The van der Waals surface area contributed by atoms with Crippen molar-refractivity contribution in [3.63, 3.8) is 0 Å². The maximum absolute atomic E-state index is 12.8. The predicted molar refractivity (Wildman–Crippen MR) is 91.7 cm³/mol. The number of carbonyl (C=O) groups excluding carboxylic acids is 1. The van der Waals surface area contributed by atoms with Crippen molar-refractivity contribution >= 4 is 28.5 Å². The number of fused-ring (bicyclic) bond motifs is 2. The zero-order valence-electron chi connectivity index (χ0n) is 14.3. The van der Waals surface area contributed by atoms with Gasteiger partial charge in [-0.3, -0.25) is 4.79 Å². The summed E-state index contributed by atoms with van der Waals surface area (Å²) in [5.41, 5.74) is 4.64. The second kappa shape index (κ2) is 5.37. The minimum Gasteiger partial charge on any atom is -0.336 e. The molecule has 0 aliphatic carbocycles. The number of nitrogens with zero attached hydrogens (tertiary/aromatic N) is 5. The van der Waals surface area contributed by atoms with Gasteiger partial charge in [0.15, 0.2) is 11.5 Å². The van der Waals surface area contributed by atoms with Crippen molar-refractivity contribution in [1.82, 2.24) is 24.7 Å². The molecule has 4 rings (SSSR count). The van der Waals surface area contributed by atoms with Gasteiger partial charge >= 0.3 is 0 Å². The molecule has 1 amide bonds. The molecule has 0 unspecified atom stereocenters. The Morgan fingerprint density at radius 3 is 2.64 bits per heavy atom. The lowest BCUT2D eigenvalue weighted by Gasteiger charge is -2.04. The molecule has 8 heteroatoms. The summed E-state index contributed by atoms with van der Waals surface area (Å²) in [4.78, 5) is 21.5. The number of anilines is 1. The number of aromatic nitrogens is 5. The van der Waals surface area contributed by atoms with Crippen LogP contribution in [-0.4, -0.2) is 30.6 Å². The fourth-order valence-corrected chi connectivity index (χ4v) is 2.93. The van der Waals surface area contributed by atoms with Crippen molar-refractivity contribution in [3.05, 3.63) is 46.5 Å². The Kier molecular flexibility index (Phi) is 3.28. The summed E-state index contributed by atoms with van der Waals surface area (Å²) in [5.74, 6) is 0.141. The number of amides is 1. The van der Waals surface area contributed by atoms with Gasteiger partial charge in [-0.15, -0.1) is 5.10 Å². The topological polar surface area (TPSA) is 98.2 Å². The van der Waals surface area contributed by atoms with Gasteiger partial charge in [-0.25, -0.2) is 14.5 Å². The Morgan fingerprint density at radius 1 is 1.08 bits per heavy atom. The maximum Gasteiger partial charge on any atom is 0.258 e. The van der Waals surface area contributed by atoms with E-state index in [1.165, 1.54) is 0 Å². The molecule has 25 heavy (non-hydrogen) atoms. The van der Waals surface area contributed by atoms with Gasteiger partial charge in [-0.1, -0.05) is 5.16 Å². The molecule has 0 aliphatic rings. The summed E-state index contributed by atoms with van der Waals surface area (Å²) >= 11 is 0. The minimum absolute atomic E-state index is 0.292. The van der Waals surface area contributed by atoms with Crippen LogP contribution >= 0.6 is 0 Å². The molecule has 0 fully saturated rings. The van der Waals surface area contributed by atoms with Gasteiger partial charge in [0, 0.05) is 23.1 Å². The van der Waals surface area contributed by atoms with Crippen LogP contribution in [0, 0.1) is 27.7 Å². The van der Waals surface area contributed by atoms with E-state index in [-0.39, 0.29) is 5.91 Å². The summed E-state index contributed by atoms with van der Waals surface area (Å²) in [5, 5.41) is 11.7. The summed E-state index contributed by atoms with van der Waals surface area (Å²) in [6, 6.07) is 5.39. The normalized spacial score (nSPS) is 11.4. The lowest BCUT2D eigenvalue weighted by Crippen LogP contribution is -2.13. The van der Waals surface area contributed by atoms with Gasteiger partial charge in [0.1, 0.15) is 0 Å². The summed E-state index contributed by atoms with van der Waals surface area (Å²) in [7, 11) is 0. The second-order valence-electron chi connectivity index (χ2n) is 6.05. The van der Waals surface area contributed by atoms with Crippen molar-refractivity contribution in [2.45, 2.75) is 27.7 Å². The molecule has 0 spiro atoms. The first kappa shape index (κ1) is 15.3. The molecule has 4 aromatic rings. The smallest absolute Gasteiger partial charge is 0.258 e. The lowest BCUT2D eigenvalue weighted by atomic mass is 10.1. The van der Waals surface area contributed by atoms with Gasteiger partial charge < -0.3 is 9.84 Å². The van der Waals surface area contributed by atoms with Crippen molar-refractivity contribution in [1.29, 1.82) is 0 Å². The van der Waals surface area contributed by atoms with Crippen molar-refractivity contribution in [2.75, 3.05) is 5.32 Å². The van der Waals surface area contributed by atoms with E-state index in [2.05, 4.69) is 25.5 Å². The van der Waals surface area contributed by atoms with E-state index in [1.54, 1.807) is 30.5 Å². The molecule has 0 bridgehead atoms. The molecule has 8 nitrogen and oxygen atoms in total. The number of carbonyl (C=O) groups is 1. The summed E-state index contributed by atoms with van der Waals surface area (Å²) < 4.78 is 6.87. The lowest BCUT2D eigenvalue weighted by molar-refractivity contribution is 0.102. The van der Waals surface area contributed by atoms with E-state index in [0.29, 0.717) is 39.5 Å². The zero-order valence-corrected chi connectivity index (χ0v) is 14.3. The third-order valence-corrected chi connectivity index (χ3v) is 3.96. The SMILES string of the molecule is Cc1cc(C(=O)Nc2cc3nc(C)cc(C)n3n2)c2c(C)noc2n1. The average molecular weight is 336 g/mol. The van der Waals surface area contributed by atoms with E-state index in [4.69, 9.17) is 4.52 Å². The second-order valence-corrected chi connectivity index (χ2v) is 6.05. The third kappa shape index (κ3) is 2.51. The van der Waals surface area contributed by atoms with Crippen LogP contribution < -0.4 is 5.32 Å². The van der Waals surface area contributed by atoms with Crippen LogP contribution in [0.4, 0.5) is 5.82 Å². The van der Waals surface area contributed by atoms with Gasteiger partial charge in [-0.05, 0) is 39.8 Å². The van der Waals surface area contributed by atoms with E-state index < -0.39 is 0 Å². The highest BCUT2D eigenvalue weighted by atomic mass is 16.5. The molecule has 0 saturated carbocycles. The Balaban J connectivity index is 1.76. The quantitative estimate of drug-likeness (QED) is 0.604. The average Bonchev–Trinajstić information content (AvgIpc) is 3.10. The van der Waals surface area contributed by atoms with Crippen LogP contribution in [-0.2, 0) is 0 Å². The highest BCUT2D eigenvalue weighted by Crippen LogP contribution is 2.23. The van der Waals surface area contributed by atoms with Gasteiger partial charge in [0.05, 0.1) is 16.6 Å². The van der Waals surface area contributed by atoms with E-state index in [1.807, 2.05) is 19.9 Å². The fourth-order valence-electron chi connectivity index (χ4n) is 2.93. The molecule has 0 aromatic carbocycles. The molecule has 4 aromatic heterocycles. The van der Waals surface area contributed by atoms with Crippen molar-refractivity contribution in [2.24, 2.45) is 0 Å². The van der Waals surface area contributed by atoms with Gasteiger partial charge in [0.25, 0.3) is 11.6 Å².